The fraction of sp³-hybridized carbons (Fsp3) is 0.333. The Bertz CT molecular complexity index is 1260. The molecule has 1 fully saturated rings. The number of oxime groups is 1. The standard InChI is InChI=1S/C27H30N4O3/c1-18-6-9-22(10-7-18)27(4)16-33-29-26-25(34-20(3)15-31(26)27)13-21-8-11-23(24(12-21)32-5)30-14-19(2)28-17-30/h6-14,17,20H,15-16H2,1-5H3/b25-13-. The third-order valence-corrected chi connectivity index (χ3v) is 6.50. The van der Waals surface area contributed by atoms with Crippen molar-refractivity contribution in [3.8, 4) is 11.4 Å². The summed E-state index contributed by atoms with van der Waals surface area (Å²) in [6, 6.07) is 14.7. The van der Waals surface area contributed by atoms with E-state index >= 15 is 0 Å². The Hall–Kier alpha value is -3.74. The van der Waals surface area contributed by atoms with Gasteiger partial charge in [0.2, 0.25) is 5.84 Å². The highest BCUT2D eigenvalue weighted by molar-refractivity contribution is 6.01. The molecule has 3 heterocycles. The minimum absolute atomic E-state index is 0.00293. The maximum Gasteiger partial charge on any atom is 0.211 e. The number of imidazole rings is 1. The molecule has 176 valence electrons. The van der Waals surface area contributed by atoms with E-state index in [-0.39, 0.29) is 11.6 Å². The van der Waals surface area contributed by atoms with Crippen molar-refractivity contribution >= 4 is 11.9 Å². The van der Waals surface area contributed by atoms with E-state index in [1.807, 2.05) is 42.0 Å². The van der Waals surface area contributed by atoms with Crippen molar-refractivity contribution in [1.82, 2.24) is 14.5 Å². The lowest BCUT2D eigenvalue weighted by Gasteiger charge is -2.48. The molecule has 2 atom stereocenters. The lowest BCUT2D eigenvalue weighted by Crippen LogP contribution is -2.58. The SMILES string of the molecule is COc1cc(/C=C2\OC(C)CN3C2=NOCC3(C)c2ccc(C)cc2)ccc1-n1cnc(C)c1. The summed E-state index contributed by atoms with van der Waals surface area (Å²) in [6.45, 7) is 9.56. The number of benzene rings is 2. The first-order valence-electron chi connectivity index (χ1n) is 11.5. The van der Waals surface area contributed by atoms with Crippen molar-refractivity contribution in [3.63, 3.8) is 0 Å². The van der Waals surface area contributed by atoms with Crippen LogP contribution < -0.4 is 4.74 Å². The number of fused-ring (bicyclic) bond motifs is 1. The molecular weight excluding hydrogens is 428 g/mol. The van der Waals surface area contributed by atoms with Gasteiger partial charge in [-0.15, -0.1) is 0 Å². The predicted molar refractivity (Wildman–Crippen MR) is 132 cm³/mol. The van der Waals surface area contributed by atoms with Gasteiger partial charge in [0.1, 0.15) is 24.0 Å². The molecule has 0 aliphatic carbocycles. The summed E-state index contributed by atoms with van der Waals surface area (Å²) in [6.07, 6.45) is 5.76. The lowest BCUT2D eigenvalue weighted by atomic mass is 9.88. The molecule has 5 rings (SSSR count). The Balaban J connectivity index is 1.51. The molecule has 2 aromatic carbocycles. The van der Waals surface area contributed by atoms with E-state index < -0.39 is 0 Å². The van der Waals surface area contributed by atoms with Gasteiger partial charge in [0.15, 0.2) is 5.76 Å². The average molecular weight is 459 g/mol. The first kappa shape index (κ1) is 22.1. The Labute approximate surface area is 200 Å². The monoisotopic (exact) mass is 458 g/mol. The molecule has 0 saturated carbocycles. The molecule has 3 aromatic rings. The van der Waals surface area contributed by atoms with Crippen LogP contribution in [-0.4, -0.2) is 46.7 Å². The van der Waals surface area contributed by atoms with Crippen LogP contribution in [0, 0.1) is 13.8 Å². The number of nitrogens with zero attached hydrogens (tertiary/aromatic N) is 4. The van der Waals surface area contributed by atoms with Gasteiger partial charge in [0.25, 0.3) is 0 Å². The fourth-order valence-corrected chi connectivity index (χ4v) is 4.56. The Kier molecular flexibility index (Phi) is 5.55. The van der Waals surface area contributed by atoms with E-state index in [0.717, 1.165) is 29.2 Å². The van der Waals surface area contributed by atoms with E-state index in [2.05, 4.69) is 60.1 Å². The third kappa shape index (κ3) is 3.91. The first-order chi connectivity index (χ1) is 16.4. The summed E-state index contributed by atoms with van der Waals surface area (Å²) < 4.78 is 13.9. The number of aryl methyl sites for hydroxylation is 2. The van der Waals surface area contributed by atoms with Crippen LogP contribution in [0.3, 0.4) is 0 Å². The summed E-state index contributed by atoms with van der Waals surface area (Å²) in [5, 5.41) is 4.42. The van der Waals surface area contributed by atoms with Crippen molar-refractivity contribution in [3.05, 3.63) is 83.1 Å². The average Bonchev–Trinajstić information content (AvgIpc) is 3.26. The summed E-state index contributed by atoms with van der Waals surface area (Å²) in [5.74, 6) is 2.14. The third-order valence-electron chi connectivity index (χ3n) is 6.50. The van der Waals surface area contributed by atoms with Crippen molar-refractivity contribution in [2.75, 3.05) is 20.3 Å². The van der Waals surface area contributed by atoms with Crippen molar-refractivity contribution in [1.29, 1.82) is 0 Å². The molecule has 0 bridgehead atoms. The van der Waals surface area contributed by atoms with Crippen LogP contribution >= 0.6 is 0 Å². The molecule has 2 aliphatic heterocycles. The van der Waals surface area contributed by atoms with Gasteiger partial charge in [-0.2, -0.15) is 0 Å². The van der Waals surface area contributed by atoms with Gasteiger partial charge in [-0.1, -0.05) is 41.1 Å². The number of hydrogen-bond acceptors (Lipinski definition) is 6. The highest BCUT2D eigenvalue weighted by Gasteiger charge is 2.44. The lowest BCUT2D eigenvalue weighted by molar-refractivity contribution is -0.0322. The van der Waals surface area contributed by atoms with Crippen LogP contribution in [-0.2, 0) is 15.1 Å². The molecule has 0 N–H and O–H groups in total. The van der Waals surface area contributed by atoms with Gasteiger partial charge < -0.3 is 23.8 Å². The summed E-state index contributed by atoms with van der Waals surface area (Å²) >= 11 is 0. The topological polar surface area (TPSA) is 61.1 Å². The van der Waals surface area contributed by atoms with Crippen LogP contribution in [0.2, 0.25) is 0 Å². The normalized spacial score (nSPS) is 23.1. The smallest absolute Gasteiger partial charge is 0.211 e. The second-order valence-corrected chi connectivity index (χ2v) is 9.23. The zero-order chi connectivity index (χ0) is 23.9. The van der Waals surface area contributed by atoms with E-state index in [1.54, 1.807) is 13.4 Å². The highest BCUT2D eigenvalue weighted by atomic mass is 16.6. The largest absolute Gasteiger partial charge is 0.495 e. The van der Waals surface area contributed by atoms with E-state index in [9.17, 15) is 0 Å². The van der Waals surface area contributed by atoms with Gasteiger partial charge in [-0.3, -0.25) is 0 Å². The van der Waals surface area contributed by atoms with Crippen LogP contribution in [0.5, 0.6) is 5.75 Å². The molecule has 34 heavy (non-hydrogen) atoms. The van der Waals surface area contributed by atoms with Gasteiger partial charge in [0.05, 0.1) is 31.4 Å². The van der Waals surface area contributed by atoms with Crippen LogP contribution in [0.15, 0.2) is 65.9 Å². The Morgan fingerprint density at radius 1 is 1.15 bits per heavy atom. The molecule has 0 radical (unpaired) electrons. The van der Waals surface area contributed by atoms with E-state index in [1.165, 1.54) is 11.1 Å². The summed E-state index contributed by atoms with van der Waals surface area (Å²) in [7, 11) is 1.67. The van der Waals surface area contributed by atoms with Crippen molar-refractivity contribution in [2.24, 2.45) is 5.16 Å². The second kappa shape index (κ2) is 8.56. The predicted octanol–water partition coefficient (Wildman–Crippen LogP) is 4.82. The molecule has 7 nitrogen and oxygen atoms in total. The minimum atomic E-state index is -0.345. The maximum atomic E-state index is 6.25. The molecule has 0 spiro atoms. The Morgan fingerprint density at radius 2 is 1.94 bits per heavy atom. The molecule has 1 saturated heterocycles. The fourth-order valence-electron chi connectivity index (χ4n) is 4.56. The molecule has 1 aromatic heterocycles. The Morgan fingerprint density at radius 3 is 2.65 bits per heavy atom. The zero-order valence-electron chi connectivity index (χ0n) is 20.3. The van der Waals surface area contributed by atoms with Crippen LogP contribution in [0.4, 0.5) is 0 Å². The van der Waals surface area contributed by atoms with Crippen molar-refractivity contribution in [2.45, 2.75) is 39.3 Å². The van der Waals surface area contributed by atoms with Gasteiger partial charge in [-0.05, 0) is 57.0 Å². The van der Waals surface area contributed by atoms with Gasteiger partial charge >= 0.3 is 0 Å². The molecule has 2 unspecified atom stereocenters. The highest BCUT2D eigenvalue weighted by Crippen LogP contribution is 2.37. The number of morpholine rings is 1. The zero-order valence-corrected chi connectivity index (χ0v) is 20.3. The summed E-state index contributed by atoms with van der Waals surface area (Å²) in [5.41, 5.74) is 4.91. The number of methoxy groups -OCH3 is 1. The molecule has 2 aliphatic rings. The quantitative estimate of drug-likeness (QED) is 0.561. The number of hydrogen-bond donors (Lipinski definition) is 0. The maximum absolute atomic E-state index is 6.25. The number of rotatable bonds is 4. The molecule has 0 amide bonds. The van der Waals surface area contributed by atoms with Crippen molar-refractivity contribution < 1.29 is 14.3 Å². The van der Waals surface area contributed by atoms with Gasteiger partial charge in [-0.25, -0.2) is 4.98 Å². The second-order valence-electron chi connectivity index (χ2n) is 9.23. The van der Waals surface area contributed by atoms with E-state index in [0.29, 0.717) is 18.2 Å². The number of ether oxygens (including phenoxy) is 2. The minimum Gasteiger partial charge on any atom is -0.495 e. The van der Waals surface area contributed by atoms with E-state index in [4.69, 9.17) is 14.3 Å². The summed E-state index contributed by atoms with van der Waals surface area (Å²) in [4.78, 5) is 12.4. The first-order valence-corrected chi connectivity index (χ1v) is 11.5. The molecule has 7 heteroatoms. The van der Waals surface area contributed by atoms with Crippen LogP contribution in [0.1, 0.15) is 36.2 Å². The van der Waals surface area contributed by atoms with Crippen LogP contribution in [0.25, 0.3) is 11.8 Å². The molecular formula is C27H30N4O3. The number of amidine groups is 1. The number of aromatic nitrogens is 2. The van der Waals surface area contributed by atoms with Gasteiger partial charge in [0, 0.05) is 6.20 Å².